The fraction of sp³-hybridized carbons (Fsp3) is 0. The molecule has 0 aliphatic heterocycles. The molecule has 0 fully saturated rings. The Morgan fingerprint density at radius 1 is 1.33 bits per heavy atom. The molecular formula is C7H3F3O2. The number of benzene rings is 1. The lowest BCUT2D eigenvalue weighted by atomic mass is 10.3. The van der Waals surface area contributed by atoms with E-state index in [1.165, 1.54) is 0 Å². The topological polar surface area (TPSA) is 26.3 Å². The molecule has 1 rings (SSSR count). The Balaban J connectivity index is 2.93. The first-order valence-electron chi connectivity index (χ1n) is 2.92. The van der Waals surface area contributed by atoms with Gasteiger partial charge < -0.3 is 4.74 Å². The van der Waals surface area contributed by atoms with Gasteiger partial charge in [-0.2, -0.15) is 0 Å². The van der Waals surface area contributed by atoms with Crippen LogP contribution in [-0.2, 0) is 0 Å². The van der Waals surface area contributed by atoms with Crippen molar-refractivity contribution in [3.63, 3.8) is 0 Å². The van der Waals surface area contributed by atoms with Crippen molar-refractivity contribution < 1.29 is 22.7 Å². The van der Waals surface area contributed by atoms with Crippen molar-refractivity contribution in [3.05, 3.63) is 29.8 Å². The van der Waals surface area contributed by atoms with Gasteiger partial charge in [0, 0.05) is 6.07 Å². The molecule has 0 aliphatic rings. The summed E-state index contributed by atoms with van der Waals surface area (Å²) < 4.78 is 40.0. The summed E-state index contributed by atoms with van der Waals surface area (Å²) in [5.41, 5.74) is 0. The molecule has 0 heterocycles. The van der Waals surface area contributed by atoms with Crippen LogP contribution in [0.15, 0.2) is 18.2 Å². The minimum absolute atomic E-state index is 0.484. The summed E-state index contributed by atoms with van der Waals surface area (Å²) in [6.45, 7) is 0. The van der Waals surface area contributed by atoms with Crippen molar-refractivity contribution in [2.45, 2.75) is 0 Å². The van der Waals surface area contributed by atoms with E-state index in [0.29, 0.717) is 6.07 Å². The highest BCUT2D eigenvalue weighted by molar-refractivity contribution is 5.62. The fourth-order valence-corrected chi connectivity index (χ4v) is 0.644. The molecule has 1 aromatic carbocycles. The third kappa shape index (κ3) is 1.98. The molecule has 0 radical (unpaired) electrons. The second-order valence-electron chi connectivity index (χ2n) is 1.91. The van der Waals surface area contributed by atoms with Crippen LogP contribution in [0.25, 0.3) is 0 Å². The van der Waals surface area contributed by atoms with E-state index < -0.39 is 23.6 Å². The van der Waals surface area contributed by atoms with E-state index in [-0.39, 0.29) is 0 Å². The summed E-state index contributed by atoms with van der Waals surface area (Å²) in [4.78, 5) is 9.70. The maximum absolute atomic E-state index is 12.5. The van der Waals surface area contributed by atoms with Crippen molar-refractivity contribution in [1.29, 1.82) is 0 Å². The zero-order valence-electron chi connectivity index (χ0n) is 5.68. The van der Waals surface area contributed by atoms with Crippen molar-refractivity contribution >= 4 is 6.22 Å². The molecule has 0 bridgehead atoms. The Hall–Kier alpha value is -1.52. The van der Waals surface area contributed by atoms with E-state index in [2.05, 4.69) is 4.74 Å². The molecule has 5 heteroatoms. The number of hydrogen-bond donors (Lipinski definition) is 0. The Morgan fingerprint density at radius 3 is 2.50 bits per heavy atom. The summed E-state index contributed by atoms with van der Waals surface area (Å²) in [5, 5.41) is 0. The van der Waals surface area contributed by atoms with Gasteiger partial charge in [0.1, 0.15) is 5.82 Å². The van der Waals surface area contributed by atoms with E-state index in [0.717, 1.165) is 12.1 Å². The Kier molecular flexibility index (Phi) is 2.32. The predicted octanol–water partition coefficient (Wildman–Crippen LogP) is 2.43. The van der Waals surface area contributed by atoms with E-state index >= 15 is 0 Å². The van der Waals surface area contributed by atoms with Gasteiger partial charge >= 0.3 is 6.22 Å². The van der Waals surface area contributed by atoms with Crippen LogP contribution in [0.5, 0.6) is 5.75 Å². The van der Waals surface area contributed by atoms with Crippen LogP contribution in [0.4, 0.5) is 18.0 Å². The number of ether oxygens (including phenoxy) is 1. The van der Waals surface area contributed by atoms with Crippen molar-refractivity contribution in [2.24, 2.45) is 0 Å². The van der Waals surface area contributed by atoms with E-state index in [1.807, 2.05) is 0 Å². The van der Waals surface area contributed by atoms with Gasteiger partial charge in [-0.15, -0.1) is 4.39 Å². The van der Waals surface area contributed by atoms with Gasteiger partial charge in [-0.1, -0.05) is 0 Å². The lowest BCUT2D eigenvalue weighted by molar-refractivity contribution is 0.173. The van der Waals surface area contributed by atoms with Crippen LogP contribution in [0.3, 0.4) is 0 Å². The number of carbonyl (C=O) groups excluding carboxylic acids is 1. The van der Waals surface area contributed by atoms with Gasteiger partial charge in [0.25, 0.3) is 0 Å². The quantitative estimate of drug-likeness (QED) is 0.614. The zero-order valence-corrected chi connectivity index (χ0v) is 5.68. The minimum Gasteiger partial charge on any atom is -0.398 e. The smallest absolute Gasteiger partial charge is 0.398 e. The molecule has 0 atom stereocenters. The molecule has 0 aromatic heterocycles. The second kappa shape index (κ2) is 3.25. The van der Waals surface area contributed by atoms with Gasteiger partial charge in [0.05, 0.1) is 0 Å². The highest BCUT2D eigenvalue weighted by atomic mass is 19.2. The SMILES string of the molecule is O=C(F)Oc1ccc(F)cc1F. The fourth-order valence-electron chi connectivity index (χ4n) is 0.644. The molecule has 0 saturated carbocycles. The first-order valence-corrected chi connectivity index (χ1v) is 2.92. The van der Waals surface area contributed by atoms with Crippen LogP contribution < -0.4 is 4.74 Å². The van der Waals surface area contributed by atoms with Crippen LogP contribution in [0.1, 0.15) is 0 Å². The Bertz CT molecular complexity index is 312. The van der Waals surface area contributed by atoms with Gasteiger partial charge in [0.2, 0.25) is 0 Å². The lowest BCUT2D eigenvalue weighted by Gasteiger charge is -1.99. The van der Waals surface area contributed by atoms with Gasteiger partial charge in [-0.05, 0) is 12.1 Å². The largest absolute Gasteiger partial charge is 0.501 e. The summed E-state index contributed by atoms with van der Waals surface area (Å²) >= 11 is 0. The van der Waals surface area contributed by atoms with Crippen LogP contribution >= 0.6 is 0 Å². The average Bonchev–Trinajstić information content (AvgIpc) is 1.94. The average molecular weight is 176 g/mol. The van der Waals surface area contributed by atoms with Crippen LogP contribution in [-0.4, -0.2) is 6.22 Å². The third-order valence-corrected chi connectivity index (χ3v) is 1.08. The number of carbonyl (C=O) groups is 1. The molecule has 12 heavy (non-hydrogen) atoms. The molecule has 0 aliphatic carbocycles. The maximum atomic E-state index is 12.5. The molecular weight excluding hydrogens is 173 g/mol. The predicted molar refractivity (Wildman–Crippen MR) is 33.5 cm³/mol. The lowest BCUT2D eigenvalue weighted by Crippen LogP contribution is -1.99. The Morgan fingerprint density at radius 2 is 2.00 bits per heavy atom. The van der Waals surface area contributed by atoms with Crippen molar-refractivity contribution in [3.8, 4) is 5.75 Å². The maximum Gasteiger partial charge on any atom is 0.501 e. The monoisotopic (exact) mass is 176 g/mol. The van der Waals surface area contributed by atoms with Gasteiger partial charge in [-0.3, -0.25) is 0 Å². The van der Waals surface area contributed by atoms with Crippen LogP contribution in [0, 0.1) is 11.6 Å². The third-order valence-electron chi connectivity index (χ3n) is 1.08. The number of hydrogen-bond acceptors (Lipinski definition) is 2. The first kappa shape index (κ1) is 8.58. The number of rotatable bonds is 1. The van der Waals surface area contributed by atoms with Crippen molar-refractivity contribution in [2.75, 3.05) is 0 Å². The van der Waals surface area contributed by atoms with Crippen molar-refractivity contribution in [1.82, 2.24) is 0 Å². The molecule has 0 unspecified atom stereocenters. The summed E-state index contributed by atoms with van der Waals surface area (Å²) in [7, 11) is 0. The summed E-state index contributed by atoms with van der Waals surface area (Å²) in [5.74, 6) is -2.59. The molecule has 0 N–H and O–H groups in total. The molecule has 2 nitrogen and oxygen atoms in total. The number of halogens is 3. The standard InChI is InChI=1S/C7H3F3O2/c8-4-1-2-6(5(9)3-4)12-7(10)11/h1-3H. The summed E-state index contributed by atoms with van der Waals surface area (Å²) in [6.07, 6.45) is -2.14. The van der Waals surface area contributed by atoms with Gasteiger partial charge in [-0.25, -0.2) is 13.6 Å². The molecule has 64 valence electrons. The Labute approximate surface area is 65.6 Å². The van der Waals surface area contributed by atoms with E-state index in [9.17, 15) is 18.0 Å². The first-order chi connectivity index (χ1) is 5.59. The summed E-state index contributed by atoms with van der Waals surface area (Å²) in [6, 6.07) is 2.15. The molecule has 1 aromatic rings. The zero-order chi connectivity index (χ0) is 9.14. The second-order valence-corrected chi connectivity index (χ2v) is 1.91. The molecule has 0 amide bonds. The van der Waals surface area contributed by atoms with Gasteiger partial charge in [0.15, 0.2) is 11.6 Å². The van der Waals surface area contributed by atoms with Crippen LogP contribution in [0.2, 0.25) is 0 Å². The van der Waals surface area contributed by atoms with E-state index in [4.69, 9.17) is 0 Å². The highest BCUT2D eigenvalue weighted by Crippen LogP contribution is 2.17. The normalized spacial score (nSPS) is 9.58. The molecule has 0 saturated heterocycles. The van der Waals surface area contributed by atoms with E-state index in [1.54, 1.807) is 0 Å². The highest BCUT2D eigenvalue weighted by Gasteiger charge is 2.08. The minimum atomic E-state index is -2.14. The molecule has 0 spiro atoms.